The lowest BCUT2D eigenvalue weighted by molar-refractivity contribution is -0.143. The Kier molecular flexibility index (Phi) is 16.7. The fourth-order valence-corrected chi connectivity index (χ4v) is 9.91. The highest BCUT2D eigenvalue weighted by atomic mass is 35.5. The third-order valence-corrected chi connectivity index (χ3v) is 14.1. The van der Waals surface area contributed by atoms with Crippen LogP contribution in [-0.2, 0) is 33.6 Å². The van der Waals surface area contributed by atoms with Crippen molar-refractivity contribution < 1.29 is 78.8 Å². The van der Waals surface area contributed by atoms with Gasteiger partial charge in [-0.3, -0.25) is 28.8 Å². The van der Waals surface area contributed by atoms with Crippen molar-refractivity contribution in [3.05, 3.63) is 129 Å². The lowest BCUT2D eigenvalue weighted by atomic mass is 9.89. The van der Waals surface area contributed by atoms with Gasteiger partial charge in [-0.05, 0) is 96.2 Å². The molecular formula is C54H54Cl2N8O16. The number of halogens is 2. The average molecular weight is 1140 g/mol. The number of nitrogens with two attached hydrogens (primary N) is 1. The maximum Gasteiger partial charge on any atom is 0.330 e. The Labute approximate surface area is 464 Å². The van der Waals surface area contributed by atoms with Gasteiger partial charge in [-0.15, -0.1) is 0 Å². The van der Waals surface area contributed by atoms with E-state index in [9.17, 15) is 64.5 Å². The minimum atomic E-state index is -2.13. The maximum absolute atomic E-state index is 15.1. The first kappa shape index (κ1) is 57.4. The van der Waals surface area contributed by atoms with E-state index >= 15 is 4.79 Å². The standard InChI is InChI=1S/C54H54Cl2N8O16/c1-20(2)11-31(58-4)49(72)63-44-46(69)23-6-9-35(29(55)13-23)79-37-15-25-16-38(48(37)71)80-36-10-7-24(14-30(36)56)47(70)45-53(76)62-43(54(77)78)28-17-26(65)18-34(67)40(28)27-12-22(5-8-33(27)66)42(51(74)64-45)59-21(3)41(25)61-50(73)32(19-39(57)68)60-52(44)75/h5-10,12-18,20,31-32,41-47,58-59,65-67,69-71H,3,11,19H2,1-2,4H3,(H2,57,68)(H,60,75)(H,61,73)(H,62,76)(H,63,72)(H,64,74)(H,77,78)/t31-,32+,41+,42-,43+,44-,45+,46-,47-/m1/s1. The molecule has 5 aromatic rings. The molecule has 10 rings (SSSR count). The second-order valence-electron chi connectivity index (χ2n) is 19.5. The van der Waals surface area contributed by atoms with Crippen LogP contribution in [0.5, 0.6) is 46.0 Å². The number of carbonyl (C=O) groups excluding carboxylic acids is 6. The Morgan fingerprint density at radius 3 is 1.88 bits per heavy atom. The number of carbonyl (C=O) groups is 7. The predicted molar refractivity (Wildman–Crippen MR) is 284 cm³/mol. The molecule has 11 bridgehead atoms. The molecule has 420 valence electrons. The molecule has 5 heterocycles. The number of aliphatic carboxylic acids is 1. The summed E-state index contributed by atoms with van der Waals surface area (Å²) >= 11 is 13.6. The number of aliphatic hydroxyl groups is 2. The normalized spacial score (nSPS) is 22.4. The van der Waals surface area contributed by atoms with Crippen LogP contribution in [0.3, 0.4) is 0 Å². The number of carboxylic acids is 1. The van der Waals surface area contributed by atoms with E-state index in [-0.39, 0.29) is 61.0 Å². The smallest absolute Gasteiger partial charge is 0.330 e. The second-order valence-corrected chi connectivity index (χ2v) is 20.4. The number of aromatic hydroxyl groups is 4. The molecule has 16 N–H and O–H groups in total. The van der Waals surface area contributed by atoms with Crippen molar-refractivity contribution in [1.82, 2.24) is 37.2 Å². The van der Waals surface area contributed by atoms with Crippen LogP contribution in [0.15, 0.2) is 91.1 Å². The minimum absolute atomic E-state index is 0.0146. The van der Waals surface area contributed by atoms with E-state index in [4.69, 9.17) is 38.4 Å². The number of benzene rings is 5. The van der Waals surface area contributed by atoms with Crippen molar-refractivity contribution in [2.75, 3.05) is 7.05 Å². The van der Waals surface area contributed by atoms with Gasteiger partial charge in [0.1, 0.15) is 65.1 Å². The Balaban J connectivity index is 1.36. The Morgan fingerprint density at radius 1 is 0.688 bits per heavy atom. The number of hydrogen-bond donors (Lipinski definition) is 15. The van der Waals surface area contributed by atoms with Gasteiger partial charge in [-0.1, -0.05) is 61.8 Å². The van der Waals surface area contributed by atoms with Crippen LogP contribution in [-0.4, -0.2) is 108 Å². The van der Waals surface area contributed by atoms with Crippen LogP contribution in [0.1, 0.15) is 84.8 Å². The first-order valence-electron chi connectivity index (χ1n) is 24.6. The topological polar surface area (TPSA) is 390 Å². The van der Waals surface area contributed by atoms with Gasteiger partial charge in [0.2, 0.25) is 41.2 Å². The van der Waals surface area contributed by atoms with Crippen LogP contribution < -0.4 is 52.4 Å². The number of ether oxygens (including phenoxy) is 2. The lowest BCUT2D eigenvalue weighted by Crippen LogP contribution is -2.58. The van der Waals surface area contributed by atoms with Gasteiger partial charge in [0.25, 0.3) is 0 Å². The summed E-state index contributed by atoms with van der Waals surface area (Å²) in [5, 5.41) is 97.5. The number of primary amides is 1. The van der Waals surface area contributed by atoms with E-state index in [0.29, 0.717) is 6.42 Å². The first-order chi connectivity index (χ1) is 37.8. The summed E-state index contributed by atoms with van der Waals surface area (Å²) in [6.07, 6.45) is -4.56. The van der Waals surface area contributed by atoms with E-state index in [2.05, 4.69) is 43.8 Å². The molecule has 0 saturated heterocycles. The molecular weight excluding hydrogens is 1090 g/mol. The molecule has 5 aliphatic heterocycles. The summed E-state index contributed by atoms with van der Waals surface area (Å²) in [6, 6.07) is 2.54. The molecule has 0 unspecified atom stereocenters. The van der Waals surface area contributed by atoms with E-state index < -0.39 is 148 Å². The fourth-order valence-electron chi connectivity index (χ4n) is 9.46. The molecule has 9 atom stereocenters. The number of nitrogens with one attached hydrogen (secondary N) is 7. The molecule has 0 saturated carbocycles. The number of amides is 6. The van der Waals surface area contributed by atoms with Crippen molar-refractivity contribution >= 4 is 64.6 Å². The molecule has 0 aromatic heterocycles. The molecule has 6 amide bonds. The van der Waals surface area contributed by atoms with Crippen molar-refractivity contribution in [3.63, 3.8) is 0 Å². The van der Waals surface area contributed by atoms with Crippen molar-refractivity contribution in [1.29, 1.82) is 0 Å². The zero-order valence-corrected chi connectivity index (χ0v) is 44.1. The van der Waals surface area contributed by atoms with Crippen LogP contribution in [0, 0.1) is 5.92 Å². The summed E-state index contributed by atoms with van der Waals surface area (Å²) < 4.78 is 12.4. The van der Waals surface area contributed by atoms with Gasteiger partial charge in [0.05, 0.1) is 28.5 Å². The molecule has 0 spiro atoms. The zero-order chi connectivity index (χ0) is 58.2. The van der Waals surface area contributed by atoms with Gasteiger partial charge >= 0.3 is 5.97 Å². The molecule has 24 nitrogen and oxygen atoms in total. The maximum atomic E-state index is 15.1. The molecule has 0 aliphatic carbocycles. The van der Waals surface area contributed by atoms with Crippen LogP contribution in [0.4, 0.5) is 0 Å². The van der Waals surface area contributed by atoms with Crippen molar-refractivity contribution in [2.45, 2.75) is 81.2 Å². The molecule has 5 aliphatic rings. The molecule has 26 heteroatoms. The minimum Gasteiger partial charge on any atom is -0.508 e. The zero-order valence-electron chi connectivity index (χ0n) is 42.5. The van der Waals surface area contributed by atoms with E-state index in [1.807, 2.05) is 13.8 Å². The largest absolute Gasteiger partial charge is 0.508 e. The number of phenolic OH excluding ortho intramolecular Hbond substituents is 4. The van der Waals surface area contributed by atoms with Crippen LogP contribution in [0.25, 0.3) is 11.1 Å². The number of aliphatic hydroxyl groups excluding tert-OH is 2. The third kappa shape index (κ3) is 11.9. The number of hydrogen-bond acceptors (Lipinski definition) is 17. The number of fused-ring (bicyclic) bond motifs is 15. The number of likely N-dealkylation sites (N-methyl/N-ethyl adjacent to an activating group) is 1. The van der Waals surface area contributed by atoms with Gasteiger partial charge in [0, 0.05) is 28.5 Å². The molecule has 0 radical (unpaired) electrons. The number of carboxylic acid groups (broad SMARTS) is 1. The van der Waals surface area contributed by atoms with Crippen LogP contribution >= 0.6 is 23.2 Å². The van der Waals surface area contributed by atoms with E-state index in [1.54, 1.807) is 0 Å². The SMILES string of the molecule is C=C1N[C@H]2C(=O)N[C@H](C(=O)N[C@H](C(=O)O)c3cc(O)cc(O)c3-c3cc2ccc3O)[C@H](O)c2ccc(c(Cl)c2)Oc2cc3cc(c2O)Oc2ccc(cc2Cl)[C@@H](O)[C@@H](NC(=O)[C@@H](CC(C)C)NC)C(=O)N[C@@H](CC(N)=O)C(=O)N[C@@H]13. The van der Waals surface area contributed by atoms with E-state index in [0.717, 1.165) is 30.3 Å². The summed E-state index contributed by atoms with van der Waals surface area (Å²) in [6.45, 7) is 7.88. The fraction of sp³-hybridized carbons (Fsp3) is 0.278. The number of phenols is 4. The van der Waals surface area contributed by atoms with Gasteiger partial charge < -0.3 is 88.2 Å². The summed E-state index contributed by atoms with van der Waals surface area (Å²) in [4.78, 5) is 98.6. The molecule has 80 heavy (non-hydrogen) atoms. The van der Waals surface area contributed by atoms with Crippen molar-refractivity contribution in [2.24, 2.45) is 11.7 Å². The monoisotopic (exact) mass is 1140 g/mol. The highest BCUT2D eigenvalue weighted by Gasteiger charge is 2.41. The highest BCUT2D eigenvalue weighted by Crippen LogP contribution is 2.48. The molecule has 5 aromatic carbocycles. The lowest BCUT2D eigenvalue weighted by Gasteiger charge is -2.32. The number of rotatable bonds is 8. The first-order valence-corrected chi connectivity index (χ1v) is 25.3. The van der Waals surface area contributed by atoms with Crippen molar-refractivity contribution in [3.8, 4) is 57.1 Å². The summed E-state index contributed by atoms with van der Waals surface area (Å²) in [5.74, 6) is -12.4. The Morgan fingerprint density at radius 2 is 1.30 bits per heavy atom. The molecule has 0 fully saturated rings. The van der Waals surface area contributed by atoms with Gasteiger partial charge in [-0.25, -0.2) is 4.79 Å². The van der Waals surface area contributed by atoms with Gasteiger partial charge in [0.15, 0.2) is 17.5 Å². The predicted octanol–water partition coefficient (Wildman–Crippen LogP) is 3.38. The summed E-state index contributed by atoms with van der Waals surface area (Å²) in [7, 11) is 1.52. The average Bonchev–Trinajstić information content (AvgIpc) is 3.40. The third-order valence-electron chi connectivity index (χ3n) is 13.5. The van der Waals surface area contributed by atoms with Gasteiger partial charge in [-0.2, -0.15) is 0 Å². The highest BCUT2D eigenvalue weighted by molar-refractivity contribution is 6.32. The Hall–Kier alpha value is -8.81. The Bertz CT molecular complexity index is 3380. The van der Waals surface area contributed by atoms with Crippen LogP contribution in [0.2, 0.25) is 10.0 Å². The second kappa shape index (κ2) is 23.3. The summed E-state index contributed by atoms with van der Waals surface area (Å²) in [5.41, 5.74) is 3.69. The quantitative estimate of drug-likeness (QED) is 0.106. The van der Waals surface area contributed by atoms with E-state index in [1.165, 1.54) is 55.6 Å².